The molecule has 0 spiro atoms. The van der Waals surface area contributed by atoms with Gasteiger partial charge in [0.1, 0.15) is 0 Å². The van der Waals surface area contributed by atoms with E-state index in [0.717, 1.165) is 89.8 Å². The number of aromatic nitrogens is 2. The molecule has 8 aromatic carbocycles. The zero-order chi connectivity index (χ0) is 76.6. The molecule has 2 aromatic heterocycles. The Hall–Kier alpha value is -6.90. The van der Waals surface area contributed by atoms with E-state index >= 15 is 0 Å². The van der Waals surface area contributed by atoms with Crippen LogP contribution in [-0.4, -0.2) is 43.5 Å². The van der Waals surface area contributed by atoms with Crippen LogP contribution in [0.15, 0.2) is 133 Å². The minimum absolute atomic E-state index is 0.0852. The minimum atomic E-state index is -3.82. The van der Waals surface area contributed by atoms with Crippen LogP contribution in [0, 0.1) is 10.8 Å². The molecule has 0 saturated carbocycles. The summed E-state index contributed by atoms with van der Waals surface area (Å²) >= 11 is -3.82. The molecule has 0 saturated heterocycles. The van der Waals surface area contributed by atoms with Gasteiger partial charge in [0, 0.05) is 0 Å². The van der Waals surface area contributed by atoms with E-state index in [1.54, 1.807) is 0 Å². The summed E-state index contributed by atoms with van der Waals surface area (Å²) in [5.74, 6) is 1.80. The van der Waals surface area contributed by atoms with Gasteiger partial charge in [-0.15, -0.1) is 0 Å². The van der Waals surface area contributed by atoms with Crippen molar-refractivity contribution in [1.82, 2.24) is 9.13 Å². The molecule has 2 N–H and O–H groups in total. The first-order chi connectivity index (χ1) is 47.1. The van der Waals surface area contributed by atoms with Crippen molar-refractivity contribution >= 4 is 56.9 Å². The molecular weight excluding hydrogens is 1320 g/mol. The van der Waals surface area contributed by atoms with Crippen LogP contribution < -0.4 is 9.47 Å². The zero-order valence-corrected chi connectivity index (χ0v) is 71.9. The van der Waals surface area contributed by atoms with Gasteiger partial charge in [-0.2, -0.15) is 0 Å². The Morgan fingerprint density at radius 1 is 0.330 bits per heavy atom. The van der Waals surface area contributed by atoms with Gasteiger partial charge in [-0.3, -0.25) is 0 Å². The second-order valence-electron chi connectivity index (χ2n) is 41.6. The van der Waals surface area contributed by atoms with Crippen molar-refractivity contribution in [3.8, 4) is 56.6 Å². The van der Waals surface area contributed by atoms with Crippen molar-refractivity contribution in [3.63, 3.8) is 0 Å². The number of nitrogens with zero attached hydrogens (tertiary/aromatic N) is 2. The van der Waals surface area contributed by atoms with Gasteiger partial charge < -0.3 is 0 Å². The molecule has 10 aromatic rings. The van der Waals surface area contributed by atoms with E-state index in [1.165, 1.54) is 33.4 Å². The zero-order valence-electron chi connectivity index (χ0n) is 69.8. The van der Waals surface area contributed by atoms with Gasteiger partial charge in [-0.05, 0) is 0 Å². The quantitative estimate of drug-likeness (QED) is 0.0946. The van der Waals surface area contributed by atoms with E-state index in [9.17, 15) is 10.2 Å². The van der Waals surface area contributed by atoms with Crippen LogP contribution >= 0.6 is 0 Å². The molecule has 0 fully saturated rings. The van der Waals surface area contributed by atoms with Crippen LogP contribution in [-0.2, 0) is 43.3 Å². The third-order valence-electron chi connectivity index (χ3n) is 22.7. The molecule has 0 bridgehead atoms. The van der Waals surface area contributed by atoms with Crippen molar-refractivity contribution in [2.24, 2.45) is 10.8 Å². The molecule has 0 aliphatic rings. The fraction of sp³-hybridized carbons (Fsp3) is 0.500. The SMILES string of the molecule is C[CH](C)[Ge]([CH2]Oc1c(C(C)(C)CC(C)(C)C)cc(-c2cccc(C(C)(C)C)c2)c(O)c1-n1c2cc(C(C)(C)C)ccc2c2ccc(C(C)(C)C)cc21)([CH2]Oc1c(C(C)(C)CC(C)(C)C)cc(-c2cccc(C(C)(C)C)c2)c(O)c1-n1c2cc(C(C)(C)C)ccc2c2ccc(C(C)(C)C)cc21)[CH](C)C. The van der Waals surface area contributed by atoms with Crippen molar-refractivity contribution in [2.75, 3.05) is 10.9 Å². The fourth-order valence-corrected chi connectivity index (χ4v) is 24.3. The van der Waals surface area contributed by atoms with Crippen LogP contribution in [0.5, 0.6) is 23.0 Å². The number of phenolic OH excluding ortho intramolecular Hbond substituents is 2. The number of phenols is 2. The Balaban J connectivity index is 1.33. The Bertz CT molecular complexity index is 4400. The van der Waals surface area contributed by atoms with Crippen molar-refractivity contribution in [2.45, 2.75) is 287 Å². The van der Waals surface area contributed by atoms with Crippen LogP contribution in [0.3, 0.4) is 0 Å². The second kappa shape index (κ2) is 26.9. The maximum absolute atomic E-state index is 14.2. The number of hydrogen-bond acceptors (Lipinski definition) is 4. The predicted molar refractivity (Wildman–Crippen MR) is 449 cm³/mol. The summed E-state index contributed by atoms with van der Waals surface area (Å²) in [7, 11) is 0. The van der Waals surface area contributed by atoms with Crippen LogP contribution in [0.2, 0.25) is 9.50 Å². The standard InChI is InChI=1S/C96H130GeN2O4/c1-59(2)97(60(3)4,57-102-85-75(95(29,30)55-87(5,6)7)53-73(61-35-33-37-63(47-61)89(11,12)13)83(100)81(85)98-77-49-65(91(17,18)19)39-43-69(77)70-44-40-66(50-78(70)98)92(20,21)22)58-103-86-76(96(31,32)56-88(8,9)10)54-74(62-36-34-38-64(48-62)90(14,15)16)84(101)82(86)99-79-51-67(93(23,24)25)41-45-71(79)72-46-42-68(52-80(72)99)94(26,27)28/h33-54,59-60,100-101H,55-58H2,1-32H3. The van der Waals surface area contributed by atoms with Gasteiger partial charge in [0.15, 0.2) is 0 Å². The van der Waals surface area contributed by atoms with Gasteiger partial charge in [-0.1, -0.05) is 0 Å². The first-order valence-electron chi connectivity index (χ1n) is 38.5. The van der Waals surface area contributed by atoms with Gasteiger partial charge in [0.05, 0.1) is 0 Å². The Morgan fingerprint density at radius 2 is 0.583 bits per heavy atom. The molecule has 0 atom stereocenters. The molecule has 10 rings (SSSR count). The van der Waals surface area contributed by atoms with E-state index in [2.05, 4.69) is 364 Å². The first kappa shape index (κ1) is 78.7. The van der Waals surface area contributed by atoms with E-state index in [-0.39, 0.29) is 64.3 Å². The number of hydrogen-bond donors (Lipinski definition) is 2. The summed E-state index contributed by atoms with van der Waals surface area (Å²) < 4.78 is 21.7. The third kappa shape index (κ3) is 15.7. The van der Waals surface area contributed by atoms with Gasteiger partial charge in [0.2, 0.25) is 0 Å². The number of fused-ring (bicyclic) bond motifs is 6. The molecule has 0 aliphatic heterocycles. The van der Waals surface area contributed by atoms with E-state index in [4.69, 9.17) is 9.47 Å². The number of rotatable bonds is 16. The van der Waals surface area contributed by atoms with Gasteiger partial charge in [-0.25, -0.2) is 0 Å². The summed E-state index contributed by atoms with van der Waals surface area (Å²) in [5.41, 5.74) is 17.0. The number of ether oxygens (including phenoxy) is 2. The van der Waals surface area contributed by atoms with Crippen molar-refractivity contribution < 1.29 is 19.7 Å². The van der Waals surface area contributed by atoms with Crippen LogP contribution in [0.4, 0.5) is 0 Å². The van der Waals surface area contributed by atoms with Crippen LogP contribution in [0.1, 0.15) is 279 Å². The van der Waals surface area contributed by atoms with Crippen molar-refractivity contribution in [3.05, 3.63) is 178 Å². The average molecular weight is 1450 g/mol. The monoisotopic (exact) mass is 1450 g/mol. The molecule has 0 radical (unpaired) electrons. The molecule has 0 unspecified atom stereocenters. The van der Waals surface area contributed by atoms with E-state index < -0.39 is 24.1 Å². The number of benzene rings is 8. The average Bonchev–Trinajstić information content (AvgIpc) is 1.62. The van der Waals surface area contributed by atoms with Crippen molar-refractivity contribution in [1.29, 1.82) is 0 Å². The second-order valence-corrected chi connectivity index (χ2v) is 52.8. The van der Waals surface area contributed by atoms with E-state index in [1.807, 2.05) is 0 Å². The number of aromatic hydroxyl groups is 2. The molecule has 552 valence electrons. The molecule has 7 heteroatoms. The normalized spacial score (nSPS) is 13.8. The molecule has 0 aliphatic carbocycles. The Morgan fingerprint density at radius 3 is 0.816 bits per heavy atom. The van der Waals surface area contributed by atoms with Gasteiger partial charge >= 0.3 is 629 Å². The van der Waals surface area contributed by atoms with E-state index in [0.29, 0.717) is 33.8 Å². The topological polar surface area (TPSA) is 68.8 Å². The summed E-state index contributed by atoms with van der Waals surface area (Å²) in [6.45, 7) is 74.4. The molecular formula is C96H130GeN2O4. The summed E-state index contributed by atoms with van der Waals surface area (Å²) in [6.07, 6.45) is 1.68. The first-order valence-corrected chi connectivity index (χ1v) is 43.9. The fourth-order valence-electron chi connectivity index (χ4n) is 16.8. The third-order valence-corrected chi connectivity index (χ3v) is 35.2. The summed E-state index contributed by atoms with van der Waals surface area (Å²) in [5, 5.41) is 32.9. The predicted octanol–water partition coefficient (Wildman–Crippen LogP) is 27.6. The molecule has 2 heterocycles. The molecule has 0 amide bonds. The molecule has 103 heavy (non-hydrogen) atoms. The Labute approximate surface area is 625 Å². The summed E-state index contributed by atoms with van der Waals surface area (Å²) in [6, 6.07) is 50.2. The summed E-state index contributed by atoms with van der Waals surface area (Å²) in [4.78, 5) is 0. The Kier molecular flexibility index (Phi) is 20.5. The van der Waals surface area contributed by atoms with Crippen LogP contribution in [0.25, 0.3) is 77.2 Å². The van der Waals surface area contributed by atoms with Gasteiger partial charge in [0.25, 0.3) is 0 Å². The maximum atomic E-state index is 14.2. The molecule has 6 nitrogen and oxygen atoms in total.